The molecule has 2 aromatic carbocycles. The van der Waals surface area contributed by atoms with Gasteiger partial charge in [0, 0.05) is 9.58 Å². The van der Waals surface area contributed by atoms with Gasteiger partial charge < -0.3 is 0 Å². The van der Waals surface area contributed by atoms with Crippen molar-refractivity contribution in [1.29, 1.82) is 0 Å². The van der Waals surface area contributed by atoms with E-state index in [1.165, 1.54) is 29.5 Å². The highest BCUT2D eigenvalue weighted by Crippen LogP contribution is 2.38. The van der Waals surface area contributed by atoms with Crippen molar-refractivity contribution in [2.75, 3.05) is 0 Å². The van der Waals surface area contributed by atoms with E-state index in [-0.39, 0.29) is 17.0 Å². The van der Waals surface area contributed by atoms with Crippen molar-refractivity contribution in [3.05, 3.63) is 69.0 Å². The summed E-state index contributed by atoms with van der Waals surface area (Å²) in [6, 6.07) is 11.3. The van der Waals surface area contributed by atoms with Gasteiger partial charge in [0.25, 0.3) is 0 Å². The lowest BCUT2D eigenvalue weighted by molar-refractivity contribution is 0.620. The maximum Gasteiger partial charge on any atom is 0.137 e. The molecule has 1 atom stereocenters. The van der Waals surface area contributed by atoms with Crippen molar-refractivity contribution in [2.24, 2.45) is 0 Å². The van der Waals surface area contributed by atoms with Gasteiger partial charge in [0.15, 0.2) is 0 Å². The van der Waals surface area contributed by atoms with Crippen molar-refractivity contribution in [2.45, 2.75) is 5.38 Å². The van der Waals surface area contributed by atoms with E-state index in [1.54, 1.807) is 18.2 Å². The summed E-state index contributed by atoms with van der Waals surface area (Å²) in [5.74, 6) is -0.586. The summed E-state index contributed by atoms with van der Waals surface area (Å²) in [5, 5.41) is 0.575. The molecule has 0 aliphatic heterocycles. The fourth-order valence-corrected chi connectivity index (χ4v) is 3.81. The lowest BCUT2D eigenvalue weighted by Crippen LogP contribution is -1.91. The van der Waals surface area contributed by atoms with Gasteiger partial charge in [-0.2, -0.15) is 0 Å². The van der Waals surface area contributed by atoms with Crippen LogP contribution >= 0.6 is 38.9 Å². The molecule has 0 amide bonds. The van der Waals surface area contributed by atoms with E-state index in [2.05, 4.69) is 15.9 Å². The molecule has 0 saturated heterocycles. The molecule has 1 unspecified atom stereocenters. The Morgan fingerprint density at radius 2 is 1.85 bits per heavy atom. The molecular weight excluding hydrogens is 366 g/mol. The van der Waals surface area contributed by atoms with Crippen LogP contribution in [0.4, 0.5) is 8.78 Å². The summed E-state index contributed by atoms with van der Waals surface area (Å²) in [5.41, 5.74) is 0.798. The zero-order chi connectivity index (χ0) is 14.3. The minimum atomic E-state index is -0.382. The number of rotatable bonds is 2. The summed E-state index contributed by atoms with van der Waals surface area (Å²) in [4.78, 5) is 0.908. The molecule has 0 radical (unpaired) electrons. The minimum absolute atomic E-state index is 0.262. The summed E-state index contributed by atoms with van der Waals surface area (Å²) in [6.07, 6.45) is 0. The monoisotopic (exact) mass is 372 g/mol. The fraction of sp³-hybridized carbons (Fsp3) is 0.0667. The Hall–Kier alpha value is -0.970. The fourth-order valence-electron chi connectivity index (χ4n) is 1.98. The van der Waals surface area contributed by atoms with Gasteiger partial charge in [0.2, 0.25) is 0 Å². The van der Waals surface area contributed by atoms with E-state index >= 15 is 0 Å². The predicted molar refractivity (Wildman–Crippen MR) is 83.6 cm³/mol. The third-order valence-electron chi connectivity index (χ3n) is 2.99. The van der Waals surface area contributed by atoms with Crippen LogP contribution in [0.5, 0.6) is 0 Å². The van der Waals surface area contributed by atoms with Crippen molar-refractivity contribution in [3.63, 3.8) is 0 Å². The van der Waals surface area contributed by atoms with Gasteiger partial charge in [-0.05, 0) is 57.2 Å². The average molecular weight is 374 g/mol. The third-order valence-corrected chi connectivity index (χ3v) is 5.37. The maximum absolute atomic E-state index is 13.2. The highest BCUT2D eigenvalue weighted by Gasteiger charge is 2.15. The summed E-state index contributed by atoms with van der Waals surface area (Å²) in [6.45, 7) is 0. The molecule has 0 spiro atoms. The Kier molecular flexibility index (Phi) is 3.80. The lowest BCUT2D eigenvalue weighted by Gasteiger charge is -2.08. The quantitative estimate of drug-likeness (QED) is 0.464. The molecule has 20 heavy (non-hydrogen) atoms. The second kappa shape index (κ2) is 5.43. The number of hydrogen-bond donors (Lipinski definition) is 0. The van der Waals surface area contributed by atoms with Gasteiger partial charge in [-0.3, -0.25) is 0 Å². The standard InChI is InChI=1S/C15H8BrClF2S/c16-11-5-9(2-4-12(11)19)15(17)14-6-8-1-3-10(18)7-13(8)20-14/h1-7,15H. The smallest absolute Gasteiger partial charge is 0.137 e. The molecule has 1 aromatic heterocycles. The highest BCUT2D eigenvalue weighted by molar-refractivity contribution is 9.10. The Morgan fingerprint density at radius 3 is 2.60 bits per heavy atom. The van der Waals surface area contributed by atoms with Crippen LogP contribution in [0.1, 0.15) is 15.8 Å². The van der Waals surface area contributed by atoms with Gasteiger partial charge in [0.1, 0.15) is 11.6 Å². The Bertz CT molecular complexity index is 785. The van der Waals surface area contributed by atoms with E-state index in [4.69, 9.17) is 11.6 Å². The van der Waals surface area contributed by atoms with Crippen LogP contribution in [0.15, 0.2) is 46.9 Å². The number of halogens is 4. The molecule has 0 aliphatic rings. The highest BCUT2D eigenvalue weighted by atomic mass is 79.9. The van der Waals surface area contributed by atoms with Crippen molar-refractivity contribution in [3.8, 4) is 0 Å². The van der Waals surface area contributed by atoms with E-state index < -0.39 is 0 Å². The van der Waals surface area contributed by atoms with Gasteiger partial charge in [-0.15, -0.1) is 22.9 Å². The van der Waals surface area contributed by atoms with E-state index in [9.17, 15) is 8.78 Å². The molecule has 5 heteroatoms. The Balaban J connectivity index is 2.02. The first-order valence-electron chi connectivity index (χ1n) is 5.82. The van der Waals surface area contributed by atoms with Gasteiger partial charge in [-0.1, -0.05) is 12.1 Å². The van der Waals surface area contributed by atoms with Crippen LogP contribution in [-0.4, -0.2) is 0 Å². The van der Waals surface area contributed by atoms with Crippen molar-refractivity contribution < 1.29 is 8.78 Å². The lowest BCUT2D eigenvalue weighted by atomic mass is 10.1. The molecule has 0 fully saturated rings. The maximum atomic E-state index is 13.2. The first-order chi connectivity index (χ1) is 9.54. The summed E-state index contributed by atoms with van der Waals surface area (Å²) < 4.78 is 27.7. The van der Waals surface area contributed by atoms with Crippen LogP contribution in [0, 0.1) is 11.6 Å². The SMILES string of the molecule is Fc1ccc2cc(C(Cl)c3ccc(F)c(Br)c3)sc2c1. The number of thiophene rings is 1. The second-order valence-corrected chi connectivity index (χ2v) is 6.77. The molecule has 3 aromatic rings. The third kappa shape index (κ3) is 2.60. The largest absolute Gasteiger partial charge is 0.207 e. The first kappa shape index (κ1) is 14.0. The normalized spacial score (nSPS) is 12.8. The van der Waals surface area contributed by atoms with Crippen molar-refractivity contribution >= 4 is 49.0 Å². The van der Waals surface area contributed by atoms with E-state index in [0.717, 1.165) is 20.5 Å². The molecule has 0 aliphatic carbocycles. The van der Waals surface area contributed by atoms with Crippen LogP contribution in [0.2, 0.25) is 0 Å². The molecule has 0 saturated carbocycles. The van der Waals surface area contributed by atoms with Gasteiger partial charge in [0.05, 0.1) is 9.85 Å². The first-order valence-corrected chi connectivity index (χ1v) is 7.87. The summed E-state index contributed by atoms with van der Waals surface area (Å²) >= 11 is 11.0. The Labute approximate surface area is 132 Å². The molecule has 1 heterocycles. The van der Waals surface area contributed by atoms with Crippen LogP contribution in [0.25, 0.3) is 10.1 Å². The van der Waals surface area contributed by atoms with Gasteiger partial charge in [-0.25, -0.2) is 8.78 Å². The molecule has 3 rings (SSSR count). The zero-order valence-corrected chi connectivity index (χ0v) is 13.2. The molecule has 0 bridgehead atoms. The van der Waals surface area contributed by atoms with E-state index in [1.807, 2.05) is 6.07 Å². The summed E-state index contributed by atoms with van der Waals surface area (Å²) in [7, 11) is 0. The van der Waals surface area contributed by atoms with E-state index in [0.29, 0.717) is 4.47 Å². The van der Waals surface area contributed by atoms with Crippen LogP contribution in [-0.2, 0) is 0 Å². The topological polar surface area (TPSA) is 0 Å². The van der Waals surface area contributed by atoms with Crippen LogP contribution in [0.3, 0.4) is 0 Å². The molecular formula is C15H8BrClF2S. The molecule has 0 nitrogen and oxygen atoms in total. The molecule has 102 valence electrons. The number of alkyl halides is 1. The minimum Gasteiger partial charge on any atom is -0.207 e. The average Bonchev–Trinajstić information content (AvgIpc) is 2.84. The van der Waals surface area contributed by atoms with Crippen molar-refractivity contribution in [1.82, 2.24) is 0 Å². The number of hydrogen-bond acceptors (Lipinski definition) is 1. The number of benzene rings is 2. The zero-order valence-electron chi connectivity index (χ0n) is 10.0. The van der Waals surface area contributed by atoms with Gasteiger partial charge >= 0.3 is 0 Å². The second-order valence-electron chi connectivity index (χ2n) is 4.37. The molecule has 0 N–H and O–H groups in total. The Morgan fingerprint density at radius 1 is 1.05 bits per heavy atom. The van der Waals surface area contributed by atoms with Crippen LogP contribution < -0.4 is 0 Å². The predicted octanol–water partition coefficient (Wildman–Crippen LogP) is 6.27. The number of fused-ring (bicyclic) bond motifs is 1.